The first-order valence-corrected chi connectivity index (χ1v) is 8.73. The van der Waals surface area contributed by atoms with Crippen LogP contribution in [0.25, 0.3) is 0 Å². The molecule has 3 rings (SSSR count). The van der Waals surface area contributed by atoms with E-state index < -0.39 is 10.0 Å². The first kappa shape index (κ1) is 16.7. The summed E-state index contributed by atoms with van der Waals surface area (Å²) in [6.45, 7) is 5.32. The number of imidazole rings is 1. The SMILES string of the molecule is CC1(CNS(=O)(=O)c2cnc3n2CCC3)CCNCC1.Cl. The third-order valence-corrected chi connectivity index (χ3v) is 5.86. The van der Waals surface area contributed by atoms with Gasteiger partial charge in [-0.05, 0) is 37.8 Å². The van der Waals surface area contributed by atoms with E-state index >= 15 is 0 Å². The molecule has 2 N–H and O–H groups in total. The highest BCUT2D eigenvalue weighted by molar-refractivity contribution is 7.89. The molecule has 1 saturated heterocycles. The second-order valence-electron chi connectivity index (χ2n) is 6.15. The minimum Gasteiger partial charge on any atom is -0.318 e. The van der Waals surface area contributed by atoms with Gasteiger partial charge in [0.25, 0.3) is 10.0 Å². The lowest BCUT2D eigenvalue weighted by atomic mass is 9.81. The van der Waals surface area contributed by atoms with Crippen molar-refractivity contribution in [1.82, 2.24) is 19.6 Å². The Hall–Kier alpha value is -0.630. The maximum Gasteiger partial charge on any atom is 0.257 e. The Morgan fingerprint density at radius 3 is 2.86 bits per heavy atom. The summed E-state index contributed by atoms with van der Waals surface area (Å²) < 4.78 is 29.5. The van der Waals surface area contributed by atoms with E-state index in [-0.39, 0.29) is 17.8 Å². The van der Waals surface area contributed by atoms with Gasteiger partial charge in [0.05, 0.1) is 6.20 Å². The Labute approximate surface area is 132 Å². The molecule has 1 fully saturated rings. The average Bonchev–Trinajstić information content (AvgIpc) is 3.00. The third-order valence-electron chi connectivity index (χ3n) is 4.46. The molecule has 3 heterocycles. The minimum absolute atomic E-state index is 0. The van der Waals surface area contributed by atoms with Crippen LogP contribution in [0.15, 0.2) is 11.2 Å². The standard InChI is InChI=1S/C13H22N4O2S.ClH/c1-13(4-6-14-7-5-13)10-16-20(18,19)12-9-15-11-3-2-8-17(11)12;/h9,14,16H,2-8,10H2,1H3;1H. The number of nitrogens with zero attached hydrogens (tertiary/aromatic N) is 2. The van der Waals surface area contributed by atoms with Crippen molar-refractivity contribution in [3.63, 3.8) is 0 Å². The zero-order valence-electron chi connectivity index (χ0n) is 12.3. The summed E-state index contributed by atoms with van der Waals surface area (Å²) in [5.41, 5.74) is 0.0478. The highest BCUT2D eigenvalue weighted by atomic mass is 35.5. The lowest BCUT2D eigenvalue weighted by Gasteiger charge is -2.34. The molecule has 1 aromatic heterocycles. The summed E-state index contributed by atoms with van der Waals surface area (Å²) in [5.74, 6) is 0.887. The molecular formula is C13H23ClN4O2S. The number of aromatic nitrogens is 2. The molecule has 0 aliphatic carbocycles. The van der Waals surface area contributed by atoms with Gasteiger partial charge in [-0.1, -0.05) is 6.92 Å². The molecule has 6 nitrogen and oxygen atoms in total. The van der Waals surface area contributed by atoms with Gasteiger partial charge in [0.2, 0.25) is 0 Å². The number of rotatable bonds is 4. The highest BCUT2D eigenvalue weighted by Gasteiger charge is 2.30. The van der Waals surface area contributed by atoms with E-state index in [1.807, 2.05) is 4.57 Å². The summed E-state index contributed by atoms with van der Waals surface area (Å²) in [6, 6.07) is 0. The first-order valence-electron chi connectivity index (χ1n) is 7.25. The Morgan fingerprint density at radius 2 is 2.14 bits per heavy atom. The molecular weight excluding hydrogens is 312 g/mol. The Morgan fingerprint density at radius 1 is 1.43 bits per heavy atom. The van der Waals surface area contributed by atoms with Crippen LogP contribution in [0.1, 0.15) is 32.0 Å². The second-order valence-corrected chi connectivity index (χ2v) is 7.87. The number of hydrogen-bond acceptors (Lipinski definition) is 4. The van der Waals surface area contributed by atoms with Gasteiger partial charge in [-0.2, -0.15) is 0 Å². The van der Waals surface area contributed by atoms with Gasteiger partial charge >= 0.3 is 0 Å². The molecule has 0 aromatic carbocycles. The van der Waals surface area contributed by atoms with E-state index in [1.165, 1.54) is 6.20 Å². The van der Waals surface area contributed by atoms with Crippen LogP contribution < -0.4 is 10.0 Å². The number of nitrogens with one attached hydrogen (secondary N) is 2. The monoisotopic (exact) mass is 334 g/mol. The van der Waals surface area contributed by atoms with Crippen molar-refractivity contribution in [2.24, 2.45) is 5.41 Å². The van der Waals surface area contributed by atoms with Crippen molar-refractivity contribution >= 4 is 22.4 Å². The van der Waals surface area contributed by atoms with Crippen molar-refractivity contribution in [1.29, 1.82) is 0 Å². The van der Waals surface area contributed by atoms with Gasteiger partial charge in [0.1, 0.15) is 5.82 Å². The maximum absolute atomic E-state index is 12.5. The Bertz CT molecular complexity index is 593. The topological polar surface area (TPSA) is 76.0 Å². The summed E-state index contributed by atoms with van der Waals surface area (Å²) in [6.07, 6.45) is 5.34. The zero-order valence-corrected chi connectivity index (χ0v) is 13.9. The van der Waals surface area contributed by atoms with Crippen molar-refractivity contribution < 1.29 is 8.42 Å². The van der Waals surface area contributed by atoms with E-state index in [9.17, 15) is 8.42 Å². The third kappa shape index (κ3) is 3.41. The molecule has 0 amide bonds. The maximum atomic E-state index is 12.5. The molecule has 0 unspecified atom stereocenters. The van der Waals surface area contributed by atoms with Crippen molar-refractivity contribution in [3.05, 3.63) is 12.0 Å². The molecule has 0 saturated carbocycles. The Balaban J connectivity index is 0.00000161. The predicted molar refractivity (Wildman–Crippen MR) is 83.2 cm³/mol. The molecule has 2 aliphatic rings. The molecule has 0 bridgehead atoms. The van der Waals surface area contributed by atoms with Crippen LogP contribution in [-0.2, 0) is 23.0 Å². The van der Waals surface area contributed by atoms with E-state index in [0.29, 0.717) is 11.6 Å². The number of fused-ring (bicyclic) bond motifs is 1. The van der Waals surface area contributed by atoms with Crippen molar-refractivity contribution in [2.45, 2.75) is 44.2 Å². The normalized spacial score (nSPS) is 20.8. The van der Waals surface area contributed by atoms with Crippen LogP contribution in [0.2, 0.25) is 0 Å². The molecule has 0 radical (unpaired) electrons. The van der Waals surface area contributed by atoms with Crippen molar-refractivity contribution in [3.8, 4) is 0 Å². The lowest BCUT2D eigenvalue weighted by Crippen LogP contribution is -2.43. The second kappa shape index (κ2) is 6.24. The number of aryl methyl sites for hydroxylation is 1. The van der Waals surface area contributed by atoms with Gasteiger partial charge in [-0.15, -0.1) is 12.4 Å². The van der Waals surface area contributed by atoms with Gasteiger partial charge < -0.3 is 9.88 Å². The summed E-state index contributed by atoms with van der Waals surface area (Å²) in [4.78, 5) is 4.21. The fourth-order valence-corrected chi connectivity index (χ4v) is 4.36. The smallest absolute Gasteiger partial charge is 0.257 e. The lowest BCUT2D eigenvalue weighted by molar-refractivity contribution is 0.232. The van der Waals surface area contributed by atoms with Gasteiger partial charge in [0, 0.05) is 19.5 Å². The summed E-state index contributed by atoms with van der Waals surface area (Å²) in [5, 5.41) is 3.63. The molecule has 21 heavy (non-hydrogen) atoms. The average molecular weight is 335 g/mol. The summed E-state index contributed by atoms with van der Waals surface area (Å²) >= 11 is 0. The van der Waals surface area contributed by atoms with Gasteiger partial charge in [0.15, 0.2) is 5.03 Å². The van der Waals surface area contributed by atoms with Gasteiger partial charge in [-0.3, -0.25) is 0 Å². The predicted octanol–water partition coefficient (Wildman–Crippen LogP) is 0.919. The largest absolute Gasteiger partial charge is 0.318 e. The highest BCUT2D eigenvalue weighted by Crippen LogP contribution is 2.27. The molecule has 2 aliphatic heterocycles. The van der Waals surface area contributed by atoms with Crippen LogP contribution in [0.3, 0.4) is 0 Å². The van der Waals surface area contributed by atoms with Crippen LogP contribution >= 0.6 is 12.4 Å². The molecule has 8 heteroatoms. The van der Waals surface area contributed by atoms with Gasteiger partial charge in [-0.25, -0.2) is 18.1 Å². The van der Waals surface area contributed by atoms with E-state index in [2.05, 4.69) is 21.9 Å². The quantitative estimate of drug-likeness (QED) is 0.858. The van der Waals surface area contributed by atoms with E-state index in [1.54, 1.807) is 0 Å². The number of hydrogen-bond donors (Lipinski definition) is 2. The van der Waals surface area contributed by atoms with E-state index in [0.717, 1.165) is 51.1 Å². The minimum atomic E-state index is -3.45. The number of halogens is 1. The zero-order chi connectivity index (χ0) is 14.2. The fourth-order valence-electron chi connectivity index (χ4n) is 3.00. The van der Waals surface area contributed by atoms with Crippen molar-refractivity contribution in [2.75, 3.05) is 19.6 Å². The van der Waals surface area contributed by atoms with Crippen LogP contribution in [0.4, 0.5) is 0 Å². The van der Waals surface area contributed by atoms with Crippen LogP contribution in [0, 0.1) is 5.41 Å². The first-order chi connectivity index (χ1) is 9.50. The van der Waals surface area contributed by atoms with E-state index in [4.69, 9.17) is 0 Å². The molecule has 120 valence electrons. The fraction of sp³-hybridized carbons (Fsp3) is 0.769. The number of piperidine rings is 1. The summed E-state index contributed by atoms with van der Waals surface area (Å²) in [7, 11) is -3.45. The molecule has 0 spiro atoms. The number of sulfonamides is 1. The Kier molecular flexibility index (Phi) is 4.97. The van der Waals surface area contributed by atoms with Crippen LogP contribution in [0.5, 0.6) is 0 Å². The van der Waals surface area contributed by atoms with Crippen LogP contribution in [-0.4, -0.2) is 37.6 Å². The molecule has 1 aromatic rings. The molecule has 0 atom stereocenters.